The van der Waals surface area contributed by atoms with Crippen LogP contribution in [0.2, 0.25) is 0 Å². The van der Waals surface area contributed by atoms with Crippen molar-refractivity contribution in [2.75, 3.05) is 53.2 Å². The molecule has 1 saturated heterocycles. The maximum Gasteiger partial charge on any atom is 0.236 e. The first-order chi connectivity index (χ1) is 10.3. The Morgan fingerprint density at radius 2 is 2.05 bits per heavy atom. The second kappa shape index (κ2) is 7.25. The van der Waals surface area contributed by atoms with Gasteiger partial charge in [-0.25, -0.2) is 13.1 Å². The van der Waals surface area contributed by atoms with E-state index in [1.54, 1.807) is 12.0 Å². The summed E-state index contributed by atoms with van der Waals surface area (Å²) >= 11 is 0. The van der Waals surface area contributed by atoms with E-state index in [-0.39, 0.29) is 17.9 Å². The lowest BCUT2D eigenvalue weighted by Gasteiger charge is -2.21. The average Bonchev–Trinajstić information content (AvgIpc) is 3.16. The highest BCUT2D eigenvalue weighted by Gasteiger charge is 2.44. The maximum absolute atomic E-state index is 12.4. The van der Waals surface area contributed by atoms with Crippen LogP contribution in [-0.4, -0.2) is 83.4 Å². The summed E-state index contributed by atoms with van der Waals surface area (Å²) in [6.07, 6.45) is 3.46. The monoisotopic (exact) mass is 333 g/mol. The third-order valence-corrected chi connectivity index (χ3v) is 5.12. The van der Waals surface area contributed by atoms with Crippen LogP contribution in [0.5, 0.6) is 0 Å². The molecule has 0 spiro atoms. The minimum absolute atomic E-state index is 0.0575. The minimum Gasteiger partial charge on any atom is -0.383 e. The highest BCUT2D eigenvalue weighted by Crippen LogP contribution is 2.41. The van der Waals surface area contributed by atoms with Crippen LogP contribution in [-0.2, 0) is 19.6 Å². The number of methoxy groups -OCH3 is 1. The molecule has 0 radical (unpaired) electrons. The van der Waals surface area contributed by atoms with Crippen molar-refractivity contribution in [1.29, 1.82) is 0 Å². The molecule has 0 aromatic heterocycles. The first-order valence-electron chi connectivity index (χ1n) is 7.72. The summed E-state index contributed by atoms with van der Waals surface area (Å²) in [5.74, 6) is 0.869. The van der Waals surface area contributed by atoms with Crippen LogP contribution < -0.4 is 4.72 Å². The van der Waals surface area contributed by atoms with Gasteiger partial charge < -0.3 is 9.64 Å². The molecule has 1 amide bonds. The summed E-state index contributed by atoms with van der Waals surface area (Å²) < 4.78 is 30.7. The van der Waals surface area contributed by atoms with Gasteiger partial charge in [0.2, 0.25) is 15.9 Å². The number of ether oxygens (including phenoxy) is 1. The number of rotatable bonds is 8. The lowest BCUT2D eigenvalue weighted by atomic mass is 9.99. The van der Waals surface area contributed by atoms with Gasteiger partial charge in [0.1, 0.15) is 0 Å². The van der Waals surface area contributed by atoms with E-state index in [0.717, 1.165) is 12.8 Å². The summed E-state index contributed by atoms with van der Waals surface area (Å²) in [5.41, 5.74) is 0. The smallest absolute Gasteiger partial charge is 0.236 e. The Morgan fingerprint density at radius 3 is 2.59 bits per heavy atom. The highest BCUT2D eigenvalue weighted by molar-refractivity contribution is 7.88. The molecular weight excluding hydrogens is 306 g/mol. The molecule has 1 heterocycles. The minimum atomic E-state index is -3.25. The number of hydrogen-bond acceptors (Lipinski definition) is 5. The molecule has 22 heavy (non-hydrogen) atoms. The second-order valence-corrected chi connectivity index (χ2v) is 8.31. The number of sulfonamides is 1. The molecule has 7 nitrogen and oxygen atoms in total. The van der Waals surface area contributed by atoms with E-state index < -0.39 is 10.0 Å². The number of nitrogens with one attached hydrogen (secondary N) is 1. The number of hydrogen-bond donors (Lipinski definition) is 1. The van der Waals surface area contributed by atoms with Gasteiger partial charge in [0.05, 0.1) is 19.4 Å². The summed E-state index contributed by atoms with van der Waals surface area (Å²) in [7, 11) is 0.278. The van der Waals surface area contributed by atoms with Crippen LogP contribution in [0, 0.1) is 11.8 Å². The number of carbonyl (C=O) groups excluding carboxylic acids is 1. The zero-order valence-electron chi connectivity index (χ0n) is 13.6. The van der Waals surface area contributed by atoms with Crippen LogP contribution in [0.25, 0.3) is 0 Å². The Hall–Kier alpha value is -0.700. The fourth-order valence-electron chi connectivity index (χ4n) is 3.09. The standard InChI is InChI=1S/C14H27N3O4S/c1-16(6-7-21-2)10-14(18)17-8-12(11-4-5-11)13(9-17)15-22(3,19)20/h11-13,15H,4-10H2,1-3H3/t12-,13+/m0/s1. The van der Waals surface area contributed by atoms with Crippen molar-refractivity contribution in [3.63, 3.8) is 0 Å². The van der Waals surface area contributed by atoms with E-state index in [1.807, 2.05) is 11.9 Å². The van der Waals surface area contributed by atoms with E-state index in [1.165, 1.54) is 6.26 Å². The van der Waals surface area contributed by atoms with Gasteiger partial charge >= 0.3 is 0 Å². The molecule has 1 aliphatic heterocycles. The number of carbonyl (C=O) groups is 1. The molecule has 8 heteroatoms. The SMILES string of the molecule is COCCN(C)CC(=O)N1C[C@@H](NS(C)(=O)=O)[C@H](C2CC2)C1. The van der Waals surface area contributed by atoms with Crippen LogP contribution >= 0.6 is 0 Å². The van der Waals surface area contributed by atoms with Crippen LogP contribution in [0.3, 0.4) is 0 Å². The summed E-state index contributed by atoms with van der Waals surface area (Å²) in [5, 5.41) is 0. The van der Waals surface area contributed by atoms with E-state index in [4.69, 9.17) is 4.74 Å². The van der Waals surface area contributed by atoms with Crippen molar-refractivity contribution in [2.45, 2.75) is 18.9 Å². The van der Waals surface area contributed by atoms with E-state index in [0.29, 0.717) is 38.7 Å². The normalized spacial score (nSPS) is 25.9. The van der Waals surface area contributed by atoms with Crippen molar-refractivity contribution in [2.24, 2.45) is 11.8 Å². The van der Waals surface area contributed by atoms with E-state index in [9.17, 15) is 13.2 Å². The maximum atomic E-state index is 12.4. The number of likely N-dealkylation sites (N-methyl/N-ethyl adjacent to an activating group) is 1. The molecule has 2 fully saturated rings. The Balaban J connectivity index is 1.90. The fraction of sp³-hybridized carbons (Fsp3) is 0.929. The Labute approximate surface area is 133 Å². The van der Waals surface area contributed by atoms with Crippen LogP contribution in [0.4, 0.5) is 0 Å². The molecule has 0 aromatic rings. The highest BCUT2D eigenvalue weighted by atomic mass is 32.2. The van der Waals surface area contributed by atoms with Crippen LogP contribution in [0.15, 0.2) is 0 Å². The first kappa shape index (κ1) is 17.7. The Kier molecular flexibility index (Phi) is 5.81. The van der Waals surface area contributed by atoms with Gasteiger partial charge in [-0.15, -0.1) is 0 Å². The van der Waals surface area contributed by atoms with Gasteiger partial charge in [0.15, 0.2) is 0 Å². The Bertz CT molecular complexity index is 492. The number of amides is 1. The zero-order valence-corrected chi connectivity index (χ0v) is 14.4. The largest absolute Gasteiger partial charge is 0.383 e. The lowest BCUT2D eigenvalue weighted by molar-refractivity contribution is -0.131. The topological polar surface area (TPSA) is 79.0 Å². The molecule has 0 aromatic carbocycles. The molecule has 128 valence electrons. The third-order valence-electron chi connectivity index (χ3n) is 4.39. The zero-order chi connectivity index (χ0) is 16.3. The van der Waals surface area contributed by atoms with Crippen molar-refractivity contribution < 1.29 is 17.9 Å². The summed E-state index contributed by atoms with van der Waals surface area (Å²) in [4.78, 5) is 16.1. The third kappa shape index (κ3) is 5.19. The number of nitrogens with zero attached hydrogens (tertiary/aromatic N) is 2. The van der Waals surface area contributed by atoms with Crippen molar-refractivity contribution in [3.05, 3.63) is 0 Å². The predicted octanol–water partition coefficient (Wildman–Crippen LogP) is -0.649. The fourth-order valence-corrected chi connectivity index (χ4v) is 3.89. The average molecular weight is 333 g/mol. The van der Waals surface area contributed by atoms with E-state index >= 15 is 0 Å². The van der Waals surface area contributed by atoms with Gasteiger partial charge in [-0.05, 0) is 31.7 Å². The van der Waals surface area contributed by atoms with Crippen molar-refractivity contribution >= 4 is 15.9 Å². The molecule has 1 saturated carbocycles. The summed E-state index contributed by atoms with van der Waals surface area (Å²) in [6.45, 7) is 2.77. The van der Waals surface area contributed by atoms with E-state index in [2.05, 4.69) is 4.72 Å². The molecule has 1 aliphatic carbocycles. The van der Waals surface area contributed by atoms with Crippen molar-refractivity contribution in [3.8, 4) is 0 Å². The molecule has 2 rings (SSSR count). The number of likely N-dealkylation sites (tertiary alicyclic amines) is 1. The molecule has 1 N–H and O–H groups in total. The molecule has 2 aliphatic rings. The lowest BCUT2D eigenvalue weighted by Crippen LogP contribution is -2.42. The first-order valence-corrected chi connectivity index (χ1v) is 9.62. The van der Waals surface area contributed by atoms with Crippen molar-refractivity contribution in [1.82, 2.24) is 14.5 Å². The van der Waals surface area contributed by atoms with Gasteiger partial charge in [-0.1, -0.05) is 0 Å². The van der Waals surface area contributed by atoms with Gasteiger partial charge in [0, 0.05) is 32.8 Å². The van der Waals surface area contributed by atoms with Gasteiger partial charge in [0.25, 0.3) is 0 Å². The molecule has 2 atom stereocenters. The Morgan fingerprint density at radius 1 is 1.36 bits per heavy atom. The quantitative estimate of drug-likeness (QED) is 0.639. The van der Waals surface area contributed by atoms with Gasteiger partial charge in [-0.3, -0.25) is 9.69 Å². The van der Waals surface area contributed by atoms with Gasteiger partial charge in [-0.2, -0.15) is 0 Å². The second-order valence-electron chi connectivity index (χ2n) is 6.53. The molecule has 0 bridgehead atoms. The predicted molar refractivity (Wildman–Crippen MR) is 83.9 cm³/mol. The molecular formula is C14H27N3O4S. The van der Waals surface area contributed by atoms with Crippen LogP contribution in [0.1, 0.15) is 12.8 Å². The molecule has 0 unspecified atom stereocenters. The summed E-state index contributed by atoms with van der Waals surface area (Å²) in [6, 6.07) is -0.143.